The number of hydrogen-bond donors (Lipinski definition) is 1. The Bertz CT molecular complexity index is 316. The Morgan fingerprint density at radius 1 is 1.41 bits per heavy atom. The van der Waals surface area contributed by atoms with E-state index in [1.807, 2.05) is 0 Å². The third kappa shape index (κ3) is 2.89. The molecular weight excluding hydrogens is 239 g/mol. The maximum Gasteiger partial charge on any atom is 0.471 e. The van der Waals surface area contributed by atoms with E-state index in [2.05, 4.69) is 0 Å². The molecule has 1 N–H and O–H groups in total. The molecule has 2 atom stereocenters. The molecule has 1 rings (SSSR count). The van der Waals surface area contributed by atoms with E-state index in [0.29, 0.717) is 24.2 Å². The maximum absolute atomic E-state index is 12.3. The normalized spacial score (nSPS) is 25.8. The minimum Gasteiger partial charge on any atom is -0.480 e. The van der Waals surface area contributed by atoms with Crippen LogP contribution in [0.4, 0.5) is 13.2 Å². The lowest BCUT2D eigenvalue weighted by atomic mass is 9.87. The minimum atomic E-state index is -5.01. The van der Waals surface area contributed by atoms with Crippen molar-refractivity contribution in [3.8, 4) is 0 Å². The molecule has 4 nitrogen and oxygen atoms in total. The van der Waals surface area contributed by atoms with Crippen LogP contribution < -0.4 is 0 Å². The van der Waals surface area contributed by atoms with Gasteiger partial charge < -0.3 is 10.0 Å². The van der Waals surface area contributed by atoms with Gasteiger partial charge in [0.25, 0.3) is 0 Å². The fourth-order valence-electron chi connectivity index (χ4n) is 2.23. The largest absolute Gasteiger partial charge is 0.480 e. The van der Waals surface area contributed by atoms with Gasteiger partial charge in [0.15, 0.2) is 0 Å². The lowest BCUT2D eigenvalue weighted by molar-refractivity contribution is -0.193. The lowest BCUT2D eigenvalue weighted by Crippen LogP contribution is -2.56. The third-order valence-corrected chi connectivity index (χ3v) is 3.04. The number of halogens is 3. The molecule has 0 aromatic heterocycles. The molecule has 1 aliphatic heterocycles. The molecule has 1 saturated heterocycles. The van der Waals surface area contributed by atoms with Crippen molar-refractivity contribution in [3.05, 3.63) is 0 Å². The van der Waals surface area contributed by atoms with Gasteiger partial charge in [0, 0.05) is 6.54 Å². The molecule has 1 aliphatic rings. The molecular formula is C10H14F3NO3. The van der Waals surface area contributed by atoms with Gasteiger partial charge in [-0.15, -0.1) is 0 Å². The van der Waals surface area contributed by atoms with Crippen molar-refractivity contribution in [3.63, 3.8) is 0 Å². The van der Waals surface area contributed by atoms with Crippen LogP contribution in [0, 0.1) is 5.92 Å². The Morgan fingerprint density at radius 3 is 2.41 bits per heavy atom. The molecule has 0 radical (unpaired) electrons. The second-order valence-electron chi connectivity index (χ2n) is 4.09. The SMILES string of the molecule is CC[C@@H]1CCCN(C(=O)C(F)(F)F)[C@@H]1C(=O)O. The van der Waals surface area contributed by atoms with Crippen molar-refractivity contribution >= 4 is 11.9 Å². The number of carbonyl (C=O) groups excluding carboxylic acids is 1. The first-order chi connectivity index (χ1) is 7.79. The molecule has 1 heterocycles. The van der Waals surface area contributed by atoms with E-state index in [-0.39, 0.29) is 6.54 Å². The quantitative estimate of drug-likeness (QED) is 0.814. The molecule has 0 aromatic rings. The van der Waals surface area contributed by atoms with Crippen molar-refractivity contribution in [2.45, 2.75) is 38.4 Å². The van der Waals surface area contributed by atoms with Gasteiger partial charge in [0.05, 0.1) is 0 Å². The first kappa shape index (κ1) is 13.8. The first-order valence-corrected chi connectivity index (χ1v) is 5.39. The van der Waals surface area contributed by atoms with Crippen LogP contribution in [0.5, 0.6) is 0 Å². The predicted molar refractivity (Wildman–Crippen MR) is 52.2 cm³/mol. The Kier molecular flexibility index (Phi) is 4.00. The standard InChI is InChI=1S/C10H14F3NO3/c1-2-6-4-3-5-14(7(6)8(15)16)9(17)10(11,12)13/h6-7H,2-5H2,1H3,(H,15,16)/t6-,7+/m1/s1. The number of rotatable bonds is 2. The highest BCUT2D eigenvalue weighted by molar-refractivity contribution is 5.87. The van der Waals surface area contributed by atoms with Crippen LogP contribution in [-0.2, 0) is 9.59 Å². The fourth-order valence-corrected chi connectivity index (χ4v) is 2.23. The van der Waals surface area contributed by atoms with Crippen LogP contribution in [0.1, 0.15) is 26.2 Å². The van der Waals surface area contributed by atoms with Gasteiger partial charge in [-0.2, -0.15) is 13.2 Å². The predicted octanol–water partition coefficient (Wildman–Crippen LogP) is 1.65. The number of carboxylic acids is 1. The average Bonchev–Trinajstić information content (AvgIpc) is 2.25. The Balaban J connectivity index is 2.95. The van der Waals surface area contributed by atoms with E-state index in [1.165, 1.54) is 0 Å². The van der Waals surface area contributed by atoms with E-state index in [9.17, 15) is 22.8 Å². The zero-order valence-corrected chi connectivity index (χ0v) is 9.33. The molecule has 0 unspecified atom stereocenters. The summed E-state index contributed by atoms with van der Waals surface area (Å²) in [5.74, 6) is -3.83. The van der Waals surface area contributed by atoms with E-state index in [1.54, 1.807) is 6.92 Å². The Morgan fingerprint density at radius 2 is 2.00 bits per heavy atom. The summed E-state index contributed by atoms with van der Waals surface area (Å²) in [6.07, 6.45) is -3.62. The number of alkyl halides is 3. The van der Waals surface area contributed by atoms with Crippen LogP contribution in [0.3, 0.4) is 0 Å². The summed E-state index contributed by atoms with van der Waals surface area (Å²) in [5, 5.41) is 8.96. The summed E-state index contributed by atoms with van der Waals surface area (Å²) >= 11 is 0. The zero-order valence-electron chi connectivity index (χ0n) is 9.33. The third-order valence-electron chi connectivity index (χ3n) is 3.04. The number of carbonyl (C=O) groups is 2. The van der Waals surface area contributed by atoms with Crippen LogP contribution in [0.25, 0.3) is 0 Å². The first-order valence-electron chi connectivity index (χ1n) is 5.39. The summed E-state index contributed by atoms with van der Waals surface area (Å²) in [5.41, 5.74) is 0. The molecule has 0 saturated carbocycles. The number of piperidine rings is 1. The molecule has 1 fully saturated rings. The Hall–Kier alpha value is -1.27. The second-order valence-corrected chi connectivity index (χ2v) is 4.09. The molecule has 1 amide bonds. The molecule has 0 aliphatic carbocycles. The number of nitrogens with zero attached hydrogens (tertiary/aromatic N) is 1. The van der Waals surface area contributed by atoms with Crippen molar-refractivity contribution in [1.29, 1.82) is 0 Å². The van der Waals surface area contributed by atoms with Crippen molar-refractivity contribution in [1.82, 2.24) is 4.90 Å². The van der Waals surface area contributed by atoms with Crippen LogP contribution in [0.15, 0.2) is 0 Å². The highest BCUT2D eigenvalue weighted by Crippen LogP contribution is 2.30. The average molecular weight is 253 g/mol. The number of carboxylic acid groups (broad SMARTS) is 1. The number of likely N-dealkylation sites (tertiary alicyclic amines) is 1. The van der Waals surface area contributed by atoms with E-state index >= 15 is 0 Å². The summed E-state index contributed by atoms with van der Waals surface area (Å²) in [7, 11) is 0. The topological polar surface area (TPSA) is 57.6 Å². The van der Waals surface area contributed by atoms with Crippen LogP contribution in [-0.4, -0.2) is 40.6 Å². The van der Waals surface area contributed by atoms with Crippen LogP contribution in [0.2, 0.25) is 0 Å². The molecule has 7 heteroatoms. The van der Waals surface area contributed by atoms with E-state index < -0.39 is 30.0 Å². The molecule has 98 valence electrons. The van der Waals surface area contributed by atoms with Gasteiger partial charge in [-0.05, 0) is 18.8 Å². The van der Waals surface area contributed by atoms with Crippen molar-refractivity contribution < 1.29 is 27.9 Å². The van der Waals surface area contributed by atoms with Crippen molar-refractivity contribution in [2.24, 2.45) is 5.92 Å². The van der Waals surface area contributed by atoms with Gasteiger partial charge in [-0.3, -0.25) is 4.79 Å². The highest BCUT2D eigenvalue weighted by atomic mass is 19.4. The molecule has 0 aromatic carbocycles. The Labute approximate surface area is 96.4 Å². The fraction of sp³-hybridized carbons (Fsp3) is 0.800. The van der Waals surface area contributed by atoms with Crippen LogP contribution >= 0.6 is 0 Å². The van der Waals surface area contributed by atoms with E-state index in [4.69, 9.17) is 5.11 Å². The second kappa shape index (κ2) is 4.93. The number of aliphatic carboxylic acids is 1. The summed E-state index contributed by atoms with van der Waals surface area (Å²) < 4.78 is 37.0. The summed E-state index contributed by atoms with van der Waals surface area (Å²) in [4.78, 5) is 22.6. The van der Waals surface area contributed by atoms with E-state index in [0.717, 1.165) is 0 Å². The van der Waals surface area contributed by atoms with Gasteiger partial charge in [0.2, 0.25) is 0 Å². The monoisotopic (exact) mass is 253 g/mol. The maximum atomic E-state index is 12.3. The highest BCUT2D eigenvalue weighted by Gasteiger charge is 2.48. The number of amides is 1. The summed E-state index contributed by atoms with van der Waals surface area (Å²) in [6, 6.07) is -1.36. The van der Waals surface area contributed by atoms with Crippen molar-refractivity contribution in [2.75, 3.05) is 6.54 Å². The van der Waals surface area contributed by atoms with Gasteiger partial charge in [0.1, 0.15) is 6.04 Å². The molecule has 17 heavy (non-hydrogen) atoms. The smallest absolute Gasteiger partial charge is 0.471 e. The van der Waals surface area contributed by atoms with Gasteiger partial charge in [-0.25, -0.2) is 4.79 Å². The minimum absolute atomic E-state index is 0.147. The molecule has 0 bridgehead atoms. The number of hydrogen-bond acceptors (Lipinski definition) is 2. The van der Waals surface area contributed by atoms with Gasteiger partial charge in [-0.1, -0.05) is 13.3 Å². The molecule has 0 spiro atoms. The lowest BCUT2D eigenvalue weighted by Gasteiger charge is -2.38. The van der Waals surface area contributed by atoms with Gasteiger partial charge >= 0.3 is 18.1 Å². The summed E-state index contributed by atoms with van der Waals surface area (Å²) in [6.45, 7) is 1.56. The zero-order chi connectivity index (χ0) is 13.2.